The van der Waals surface area contributed by atoms with E-state index < -0.39 is 0 Å². The van der Waals surface area contributed by atoms with E-state index in [2.05, 4.69) is 170 Å². The third kappa shape index (κ3) is 4.32. The summed E-state index contributed by atoms with van der Waals surface area (Å²) in [5, 5.41) is 10.1. The Kier molecular flexibility index (Phi) is 6.34. The van der Waals surface area contributed by atoms with Crippen LogP contribution in [0.15, 0.2) is 195 Å². The zero-order valence-electron chi connectivity index (χ0n) is 29.5. The zero-order chi connectivity index (χ0) is 36.0. The lowest BCUT2D eigenvalue weighted by molar-refractivity contribution is 0.632. The third-order valence-electron chi connectivity index (χ3n) is 11.3. The van der Waals surface area contributed by atoms with Gasteiger partial charge in [-0.2, -0.15) is 0 Å². The fraction of sp³-hybridized carbons (Fsp3) is 0. The molecular weight excluding hydrogens is 673 g/mol. The van der Waals surface area contributed by atoms with Gasteiger partial charge in [0.15, 0.2) is 0 Å². The van der Waals surface area contributed by atoms with Gasteiger partial charge in [0.05, 0.1) is 0 Å². The first-order chi connectivity index (χ1) is 27.3. The first-order valence-electron chi connectivity index (χ1n) is 18.7. The largest absolute Gasteiger partial charge is 0.456 e. The highest BCUT2D eigenvalue weighted by Gasteiger charge is 2.25. The molecular formula is C52H30O3. The van der Waals surface area contributed by atoms with Crippen LogP contribution in [0.25, 0.3) is 121 Å². The van der Waals surface area contributed by atoms with Crippen molar-refractivity contribution in [1.29, 1.82) is 0 Å². The van der Waals surface area contributed by atoms with Crippen molar-refractivity contribution in [2.75, 3.05) is 0 Å². The van der Waals surface area contributed by atoms with Gasteiger partial charge in [0, 0.05) is 49.2 Å². The monoisotopic (exact) mass is 702 g/mol. The molecule has 0 bridgehead atoms. The van der Waals surface area contributed by atoms with Crippen LogP contribution in [0, 0.1) is 0 Å². The van der Waals surface area contributed by atoms with E-state index in [-0.39, 0.29) is 0 Å². The van der Waals surface area contributed by atoms with Crippen LogP contribution in [-0.4, -0.2) is 0 Å². The van der Waals surface area contributed by atoms with E-state index in [1.165, 1.54) is 27.1 Å². The Labute approximate surface area is 315 Å². The molecule has 0 fully saturated rings. The third-order valence-corrected chi connectivity index (χ3v) is 11.3. The highest BCUT2D eigenvalue weighted by Crippen LogP contribution is 2.51. The van der Waals surface area contributed by atoms with Crippen LogP contribution >= 0.6 is 0 Å². The maximum absolute atomic E-state index is 7.01. The topological polar surface area (TPSA) is 39.4 Å². The molecule has 0 spiro atoms. The summed E-state index contributed by atoms with van der Waals surface area (Å²) in [6.07, 6.45) is 0. The van der Waals surface area contributed by atoms with Crippen LogP contribution < -0.4 is 0 Å². The van der Waals surface area contributed by atoms with E-state index in [0.717, 1.165) is 94.0 Å². The van der Waals surface area contributed by atoms with Crippen molar-refractivity contribution in [2.24, 2.45) is 0 Å². The molecule has 12 aromatic rings. The molecule has 3 heterocycles. The standard InChI is InChI=1S/C52H30O3/c1-3-15-31(16-4-1)45-50-44(54-51(45)32-17-5-2-6-18-32)30-29-43-49(50)40-26-13-25-39(52(40)55-43)47-35-21-9-7-19-33(35)46(34-20-8-10-22-36(34)47)38-24-14-28-42-48(38)37-23-11-12-27-41(37)53-42/h1-30H. The van der Waals surface area contributed by atoms with Crippen LogP contribution in [0.2, 0.25) is 0 Å². The molecule has 9 aromatic carbocycles. The van der Waals surface area contributed by atoms with Crippen molar-refractivity contribution >= 4 is 76.4 Å². The Morgan fingerprint density at radius 3 is 1.44 bits per heavy atom. The van der Waals surface area contributed by atoms with Gasteiger partial charge in [-0.25, -0.2) is 0 Å². The molecule has 0 radical (unpaired) electrons. The molecule has 55 heavy (non-hydrogen) atoms. The SMILES string of the molecule is c1ccc(-c2oc3ccc4oc5c(-c6c7ccccc7c(-c7cccc8oc9ccccc9c78)c7ccccc67)cccc5c4c3c2-c2ccccc2)cc1. The van der Waals surface area contributed by atoms with Gasteiger partial charge in [-0.1, -0.05) is 158 Å². The number of furan rings is 3. The molecule has 256 valence electrons. The molecule has 0 atom stereocenters. The van der Waals surface area contributed by atoms with E-state index in [1.807, 2.05) is 12.1 Å². The summed E-state index contributed by atoms with van der Waals surface area (Å²) in [7, 11) is 0. The van der Waals surface area contributed by atoms with Gasteiger partial charge < -0.3 is 13.3 Å². The summed E-state index contributed by atoms with van der Waals surface area (Å²) in [6, 6.07) is 64.0. The lowest BCUT2D eigenvalue weighted by Crippen LogP contribution is -1.91. The average Bonchev–Trinajstić information content (AvgIpc) is 3.95. The minimum atomic E-state index is 0.830. The van der Waals surface area contributed by atoms with Gasteiger partial charge in [0.1, 0.15) is 33.7 Å². The first kappa shape index (κ1) is 30.1. The number of para-hydroxylation sites is 2. The summed E-state index contributed by atoms with van der Waals surface area (Å²) in [5.74, 6) is 0.854. The second-order valence-electron chi connectivity index (χ2n) is 14.3. The molecule has 3 nitrogen and oxygen atoms in total. The van der Waals surface area contributed by atoms with E-state index in [1.54, 1.807) is 0 Å². The van der Waals surface area contributed by atoms with Crippen molar-refractivity contribution in [3.63, 3.8) is 0 Å². The van der Waals surface area contributed by atoms with Gasteiger partial charge in [-0.15, -0.1) is 0 Å². The summed E-state index contributed by atoms with van der Waals surface area (Å²) in [6.45, 7) is 0. The molecule has 12 rings (SSSR count). The fourth-order valence-electron chi connectivity index (χ4n) is 9.04. The minimum absolute atomic E-state index is 0.830. The van der Waals surface area contributed by atoms with Gasteiger partial charge in [-0.3, -0.25) is 0 Å². The number of fused-ring (bicyclic) bond motifs is 10. The molecule has 0 N–H and O–H groups in total. The van der Waals surface area contributed by atoms with Gasteiger partial charge in [-0.05, 0) is 62.5 Å². The normalized spacial score (nSPS) is 12.0. The lowest BCUT2D eigenvalue weighted by Gasteiger charge is -2.18. The van der Waals surface area contributed by atoms with E-state index >= 15 is 0 Å². The van der Waals surface area contributed by atoms with Gasteiger partial charge in [0.2, 0.25) is 0 Å². The maximum atomic E-state index is 7.01. The fourth-order valence-corrected chi connectivity index (χ4v) is 9.04. The maximum Gasteiger partial charge on any atom is 0.143 e. The van der Waals surface area contributed by atoms with Crippen LogP contribution in [0.1, 0.15) is 0 Å². The quantitative estimate of drug-likeness (QED) is 0.171. The Balaban J connectivity index is 1.19. The smallest absolute Gasteiger partial charge is 0.143 e. The number of hydrogen-bond acceptors (Lipinski definition) is 3. The van der Waals surface area contributed by atoms with Crippen LogP contribution in [0.3, 0.4) is 0 Å². The predicted molar refractivity (Wildman–Crippen MR) is 228 cm³/mol. The molecule has 3 aromatic heterocycles. The first-order valence-corrected chi connectivity index (χ1v) is 18.7. The molecule has 3 heteroatoms. The number of hydrogen-bond donors (Lipinski definition) is 0. The summed E-state index contributed by atoms with van der Waals surface area (Å²) < 4.78 is 20.1. The Morgan fingerprint density at radius 2 is 0.745 bits per heavy atom. The summed E-state index contributed by atoms with van der Waals surface area (Å²) in [4.78, 5) is 0. The van der Waals surface area contributed by atoms with E-state index in [4.69, 9.17) is 13.3 Å². The molecule has 0 aliphatic heterocycles. The zero-order valence-corrected chi connectivity index (χ0v) is 29.5. The minimum Gasteiger partial charge on any atom is -0.456 e. The van der Waals surface area contributed by atoms with Crippen molar-refractivity contribution in [1.82, 2.24) is 0 Å². The Hall–Kier alpha value is -7.36. The van der Waals surface area contributed by atoms with Crippen LogP contribution in [-0.2, 0) is 0 Å². The average molecular weight is 703 g/mol. The van der Waals surface area contributed by atoms with Crippen molar-refractivity contribution in [3.05, 3.63) is 182 Å². The van der Waals surface area contributed by atoms with Gasteiger partial charge >= 0.3 is 0 Å². The van der Waals surface area contributed by atoms with E-state index in [9.17, 15) is 0 Å². The van der Waals surface area contributed by atoms with Crippen LogP contribution in [0.4, 0.5) is 0 Å². The lowest BCUT2D eigenvalue weighted by atomic mass is 9.84. The van der Waals surface area contributed by atoms with Crippen molar-refractivity contribution in [2.45, 2.75) is 0 Å². The second kappa shape index (κ2) is 11.6. The second-order valence-corrected chi connectivity index (χ2v) is 14.3. The highest BCUT2D eigenvalue weighted by atomic mass is 16.3. The number of rotatable bonds is 4. The summed E-state index contributed by atoms with van der Waals surface area (Å²) in [5.41, 5.74) is 12.1. The Morgan fingerprint density at radius 1 is 0.255 bits per heavy atom. The summed E-state index contributed by atoms with van der Waals surface area (Å²) >= 11 is 0. The molecule has 0 amide bonds. The van der Waals surface area contributed by atoms with Gasteiger partial charge in [0.25, 0.3) is 0 Å². The molecule has 0 saturated carbocycles. The van der Waals surface area contributed by atoms with E-state index in [0.29, 0.717) is 0 Å². The molecule has 0 aliphatic carbocycles. The predicted octanol–water partition coefficient (Wildman–Crippen LogP) is 15.2. The molecule has 0 saturated heterocycles. The number of benzene rings is 9. The molecule has 0 aliphatic rings. The Bertz CT molecular complexity index is 3420. The van der Waals surface area contributed by atoms with Crippen molar-refractivity contribution in [3.8, 4) is 44.7 Å². The highest BCUT2D eigenvalue weighted by molar-refractivity contribution is 6.29. The van der Waals surface area contributed by atoms with Crippen molar-refractivity contribution < 1.29 is 13.3 Å². The van der Waals surface area contributed by atoms with Crippen LogP contribution in [0.5, 0.6) is 0 Å². The molecule has 0 unspecified atom stereocenters.